The summed E-state index contributed by atoms with van der Waals surface area (Å²) in [5.74, 6) is 0.604. The third kappa shape index (κ3) is 4.94. The molecule has 1 amide bonds. The van der Waals surface area contributed by atoms with Gasteiger partial charge >= 0.3 is 0 Å². The van der Waals surface area contributed by atoms with Gasteiger partial charge in [-0.3, -0.25) is 14.0 Å². The van der Waals surface area contributed by atoms with Crippen molar-refractivity contribution in [2.45, 2.75) is 45.1 Å². The van der Waals surface area contributed by atoms with Crippen molar-refractivity contribution in [3.05, 3.63) is 69.6 Å². The number of nitriles is 1. The minimum Gasteiger partial charge on any atom is -0.497 e. The molecule has 2 heterocycles. The molecular weight excluding hydrogens is 432 g/mol. The molecule has 8 heteroatoms. The van der Waals surface area contributed by atoms with Crippen LogP contribution in [0, 0.1) is 18.3 Å². The first-order chi connectivity index (χ1) is 16.5. The summed E-state index contributed by atoms with van der Waals surface area (Å²) in [6.07, 6.45) is 7.88. The molecule has 2 aromatic heterocycles. The van der Waals surface area contributed by atoms with E-state index in [0.717, 1.165) is 37.7 Å². The molecule has 4 rings (SSSR count). The molecule has 1 saturated carbocycles. The molecule has 34 heavy (non-hydrogen) atoms. The number of nitrogens with zero attached hydrogens (tertiary/aromatic N) is 3. The summed E-state index contributed by atoms with van der Waals surface area (Å²) < 4.78 is 12.5. The van der Waals surface area contributed by atoms with Crippen LogP contribution in [0.2, 0.25) is 0 Å². The summed E-state index contributed by atoms with van der Waals surface area (Å²) in [5, 5.41) is 12.6. The number of nitrogens with one attached hydrogen (secondary N) is 1. The number of rotatable bonds is 6. The summed E-state index contributed by atoms with van der Waals surface area (Å²) in [6, 6.07) is 12.4. The summed E-state index contributed by atoms with van der Waals surface area (Å²) >= 11 is 0. The molecule has 1 aliphatic carbocycles. The van der Waals surface area contributed by atoms with Crippen LogP contribution in [-0.2, 0) is 4.79 Å². The van der Waals surface area contributed by atoms with Crippen molar-refractivity contribution in [2.75, 3.05) is 7.11 Å². The fourth-order valence-corrected chi connectivity index (χ4v) is 4.05. The standard InChI is InChI=1S/C26H26N4O4/c1-17-7-6-14-30-23(17)29-25(34-21-12-10-20(33-2)11-13-21)22(26(30)32)15-18(16-27)24(31)28-19-8-4-3-5-9-19/h6-7,10-15,19H,3-5,8-9H2,1-2H3,(H,28,31)/b18-15+. The lowest BCUT2D eigenvalue weighted by atomic mass is 9.95. The summed E-state index contributed by atoms with van der Waals surface area (Å²) in [6.45, 7) is 1.84. The fourth-order valence-electron chi connectivity index (χ4n) is 4.05. The minimum atomic E-state index is -0.501. The van der Waals surface area contributed by atoms with E-state index in [1.807, 2.05) is 19.1 Å². The molecule has 0 radical (unpaired) electrons. The van der Waals surface area contributed by atoms with Crippen molar-refractivity contribution in [1.82, 2.24) is 14.7 Å². The average Bonchev–Trinajstić information content (AvgIpc) is 2.85. The van der Waals surface area contributed by atoms with Crippen LogP contribution >= 0.6 is 0 Å². The van der Waals surface area contributed by atoms with E-state index in [4.69, 9.17) is 9.47 Å². The zero-order chi connectivity index (χ0) is 24.1. The van der Waals surface area contributed by atoms with Gasteiger partial charge in [0.1, 0.15) is 34.4 Å². The zero-order valence-electron chi connectivity index (χ0n) is 19.2. The molecule has 0 atom stereocenters. The third-order valence-corrected chi connectivity index (χ3v) is 5.92. The van der Waals surface area contributed by atoms with E-state index >= 15 is 0 Å². The van der Waals surface area contributed by atoms with Crippen LogP contribution < -0.4 is 20.3 Å². The Hall–Kier alpha value is -4.12. The summed E-state index contributed by atoms with van der Waals surface area (Å²) in [4.78, 5) is 30.8. The van der Waals surface area contributed by atoms with E-state index in [-0.39, 0.29) is 23.1 Å². The van der Waals surface area contributed by atoms with Gasteiger partial charge in [0.25, 0.3) is 11.5 Å². The van der Waals surface area contributed by atoms with Gasteiger partial charge in [0.05, 0.1) is 7.11 Å². The number of carbonyl (C=O) groups excluding carboxylic acids is 1. The Morgan fingerprint density at radius 1 is 1.18 bits per heavy atom. The lowest BCUT2D eigenvalue weighted by Crippen LogP contribution is -2.36. The molecule has 0 bridgehead atoms. The van der Waals surface area contributed by atoms with Crippen LogP contribution in [0.25, 0.3) is 11.7 Å². The number of aromatic nitrogens is 2. The number of hydrogen-bond acceptors (Lipinski definition) is 6. The number of carbonyl (C=O) groups is 1. The molecule has 1 N–H and O–H groups in total. The largest absolute Gasteiger partial charge is 0.497 e. The summed E-state index contributed by atoms with van der Waals surface area (Å²) in [7, 11) is 1.56. The maximum atomic E-state index is 13.4. The Balaban J connectivity index is 1.77. The molecule has 3 aromatic rings. The smallest absolute Gasteiger partial charge is 0.269 e. The summed E-state index contributed by atoms with van der Waals surface area (Å²) in [5.41, 5.74) is 0.630. The van der Waals surface area contributed by atoms with Gasteiger partial charge < -0.3 is 14.8 Å². The fraction of sp³-hybridized carbons (Fsp3) is 0.308. The Kier molecular flexibility index (Phi) is 6.93. The second kappa shape index (κ2) is 10.2. The molecule has 1 fully saturated rings. The Morgan fingerprint density at radius 2 is 1.88 bits per heavy atom. The normalized spacial score (nSPS) is 14.4. The van der Waals surface area contributed by atoms with Crippen LogP contribution in [0.4, 0.5) is 0 Å². The molecule has 1 aromatic carbocycles. The van der Waals surface area contributed by atoms with E-state index < -0.39 is 11.5 Å². The van der Waals surface area contributed by atoms with Crippen LogP contribution in [0.15, 0.2) is 53.0 Å². The van der Waals surface area contributed by atoms with Crippen LogP contribution in [0.1, 0.15) is 43.2 Å². The van der Waals surface area contributed by atoms with Gasteiger partial charge in [0, 0.05) is 12.2 Å². The SMILES string of the molecule is COc1ccc(Oc2nc3c(C)cccn3c(=O)c2/C=C(\C#N)C(=O)NC2CCCCC2)cc1. The van der Waals surface area contributed by atoms with Gasteiger partial charge in [0.15, 0.2) is 0 Å². The van der Waals surface area contributed by atoms with Gasteiger partial charge in [-0.05, 0) is 61.7 Å². The van der Waals surface area contributed by atoms with Crippen molar-refractivity contribution in [2.24, 2.45) is 0 Å². The quantitative estimate of drug-likeness (QED) is 0.439. The number of aryl methyl sites for hydroxylation is 1. The Bertz CT molecular complexity index is 1330. The molecule has 174 valence electrons. The highest BCUT2D eigenvalue weighted by atomic mass is 16.5. The number of pyridine rings is 1. The number of amides is 1. The maximum absolute atomic E-state index is 13.4. The van der Waals surface area contributed by atoms with E-state index in [9.17, 15) is 14.9 Å². The number of benzene rings is 1. The van der Waals surface area contributed by atoms with E-state index in [1.165, 1.54) is 10.5 Å². The van der Waals surface area contributed by atoms with Crippen LogP contribution in [0.5, 0.6) is 17.4 Å². The highest BCUT2D eigenvalue weighted by Gasteiger charge is 2.21. The van der Waals surface area contributed by atoms with Crippen molar-refractivity contribution in [3.63, 3.8) is 0 Å². The molecule has 0 saturated heterocycles. The lowest BCUT2D eigenvalue weighted by Gasteiger charge is -2.22. The molecular formula is C26H26N4O4. The van der Waals surface area contributed by atoms with Gasteiger partial charge in [0.2, 0.25) is 5.88 Å². The number of hydrogen-bond donors (Lipinski definition) is 1. The predicted octanol–water partition coefficient (Wildman–Crippen LogP) is 4.16. The second-order valence-corrected chi connectivity index (χ2v) is 8.28. The average molecular weight is 459 g/mol. The minimum absolute atomic E-state index is 0.0164. The lowest BCUT2D eigenvalue weighted by molar-refractivity contribution is -0.117. The van der Waals surface area contributed by atoms with Gasteiger partial charge in [-0.2, -0.15) is 10.2 Å². The highest BCUT2D eigenvalue weighted by Crippen LogP contribution is 2.26. The molecule has 0 unspecified atom stereocenters. The first kappa shape index (κ1) is 23.1. The third-order valence-electron chi connectivity index (χ3n) is 5.92. The molecule has 0 spiro atoms. The van der Waals surface area contributed by atoms with Crippen molar-refractivity contribution in [1.29, 1.82) is 5.26 Å². The van der Waals surface area contributed by atoms with Crippen molar-refractivity contribution < 1.29 is 14.3 Å². The van der Waals surface area contributed by atoms with Gasteiger partial charge in [-0.25, -0.2) is 0 Å². The molecule has 8 nitrogen and oxygen atoms in total. The Morgan fingerprint density at radius 3 is 2.56 bits per heavy atom. The second-order valence-electron chi connectivity index (χ2n) is 8.28. The van der Waals surface area contributed by atoms with E-state index in [2.05, 4.69) is 10.3 Å². The topological polar surface area (TPSA) is 106 Å². The number of fused-ring (bicyclic) bond motifs is 1. The van der Waals surface area contributed by atoms with Gasteiger partial charge in [-0.1, -0.05) is 25.3 Å². The van der Waals surface area contributed by atoms with E-state index in [1.54, 1.807) is 43.6 Å². The zero-order valence-corrected chi connectivity index (χ0v) is 19.2. The van der Waals surface area contributed by atoms with Gasteiger partial charge in [-0.15, -0.1) is 0 Å². The first-order valence-electron chi connectivity index (χ1n) is 11.3. The molecule has 1 aliphatic rings. The number of ether oxygens (including phenoxy) is 2. The maximum Gasteiger partial charge on any atom is 0.269 e. The van der Waals surface area contributed by atoms with Crippen molar-refractivity contribution in [3.8, 4) is 23.4 Å². The van der Waals surface area contributed by atoms with Crippen LogP contribution in [-0.4, -0.2) is 28.4 Å². The predicted molar refractivity (Wildman–Crippen MR) is 128 cm³/mol. The first-order valence-corrected chi connectivity index (χ1v) is 11.3. The van der Waals surface area contributed by atoms with Crippen LogP contribution in [0.3, 0.4) is 0 Å². The molecule has 0 aliphatic heterocycles. The number of methoxy groups -OCH3 is 1. The highest BCUT2D eigenvalue weighted by molar-refractivity contribution is 6.02. The van der Waals surface area contributed by atoms with Crippen molar-refractivity contribution >= 4 is 17.6 Å². The van der Waals surface area contributed by atoms with E-state index in [0.29, 0.717) is 17.1 Å². The Labute approximate surface area is 197 Å². The monoisotopic (exact) mass is 458 g/mol.